The summed E-state index contributed by atoms with van der Waals surface area (Å²) >= 11 is 12.8. The molecule has 0 radical (unpaired) electrons. The van der Waals surface area contributed by atoms with E-state index in [4.69, 9.17) is 28.2 Å². The van der Waals surface area contributed by atoms with Gasteiger partial charge < -0.3 is 4.57 Å². The van der Waals surface area contributed by atoms with Crippen LogP contribution >= 0.6 is 23.2 Å². The molecule has 0 fully saturated rings. The number of fused-ring (bicyclic) bond motifs is 1. The highest BCUT2D eigenvalue weighted by Crippen LogP contribution is 2.29. The van der Waals surface area contributed by atoms with Crippen molar-refractivity contribution in [3.63, 3.8) is 0 Å². The van der Waals surface area contributed by atoms with E-state index < -0.39 is 0 Å². The van der Waals surface area contributed by atoms with Crippen LogP contribution in [-0.4, -0.2) is 19.5 Å². The van der Waals surface area contributed by atoms with E-state index in [0.717, 1.165) is 44.8 Å². The lowest BCUT2D eigenvalue weighted by atomic mass is 10.1. The summed E-state index contributed by atoms with van der Waals surface area (Å²) in [7, 11) is 0. The predicted octanol–water partition coefficient (Wildman–Crippen LogP) is 6.75. The lowest BCUT2D eigenvalue weighted by Crippen LogP contribution is -2.06. The van der Waals surface area contributed by atoms with Gasteiger partial charge in [0, 0.05) is 40.8 Å². The van der Waals surface area contributed by atoms with Crippen molar-refractivity contribution in [2.45, 2.75) is 19.9 Å². The molecule has 0 saturated carbocycles. The van der Waals surface area contributed by atoms with Gasteiger partial charge in [0.15, 0.2) is 0 Å². The summed E-state index contributed by atoms with van der Waals surface area (Å²) in [6.45, 7) is 2.58. The molecule has 0 amide bonds. The number of nitrogens with zero attached hydrogens (tertiary/aromatic N) is 4. The third-order valence-corrected chi connectivity index (χ3v) is 6.11. The molecule has 0 aliphatic carbocycles. The van der Waals surface area contributed by atoms with E-state index in [2.05, 4.69) is 38.8 Å². The molecule has 5 rings (SSSR count). The van der Waals surface area contributed by atoms with Crippen LogP contribution in [0.25, 0.3) is 22.2 Å². The van der Waals surface area contributed by atoms with E-state index >= 15 is 0 Å². The topological polar surface area (TPSA) is 43.6 Å². The number of hydrogen-bond donors (Lipinski definition) is 0. The maximum absolute atomic E-state index is 6.51. The fourth-order valence-electron chi connectivity index (χ4n) is 3.91. The summed E-state index contributed by atoms with van der Waals surface area (Å²) < 4.78 is 2.23. The number of hydrogen-bond acceptors (Lipinski definition) is 3. The van der Waals surface area contributed by atoms with Gasteiger partial charge in [0.2, 0.25) is 0 Å². The molecular weight excluding hydrogens is 439 g/mol. The summed E-state index contributed by atoms with van der Waals surface area (Å²) in [5.74, 6) is 0.963. The Morgan fingerprint density at radius 1 is 0.844 bits per heavy atom. The van der Waals surface area contributed by atoms with Gasteiger partial charge in [-0.15, -0.1) is 0 Å². The van der Waals surface area contributed by atoms with Crippen LogP contribution in [0, 0.1) is 6.92 Å². The van der Waals surface area contributed by atoms with Crippen LogP contribution in [0.3, 0.4) is 0 Å². The number of aryl methyl sites for hydroxylation is 1. The SMILES string of the molecule is Cc1cc(-c2ccc3nc(Cc4ccncc4)n(Cc4cc(Cl)ccc4Cl)c3c2)ccn1. The van der Waals surface area contributed by atoms with Crippen molar-refractivity contribution in [1.29, 1.82) is 0 Å². The predicted molar refractivity (Wildman–Crippen MR) is 130 cm³/mol. The molecule has 0 bridgehead atoms. The monoisotopic (exact) mass is 458 g/mol. The Hall–Kier alpha value is -3.21. The number of aromatic nitrogens is 4. The summed E-state index contributed by atoms with van der Waals surface area (Å²) in [6.07, 6.45) is 6.14. The first-order chi connectivity index (χ1) is 15.6. The van der Waals surface area contributed by atoms with Crippen LogP contribution in [0.2, 0.25) is 10.0 Å². The maximum atomic E-state index is 6.51. The van der Waals surface area contributed by atoms with Gasteiger partial charge in [0.25, 0.3) is 0 Å². The molecule has 6 heteroatoms. The first-order valence-corrected chi connectivity index (χ1v) is 11.1. The zero-order chi connectivity index (χ0) is 22.1. The molecule has 0 aliphatic rings. The van der Waals surface area contributed by atoms with Crippen LogP contribution in [0.15, 0.2) is 79.3 Å². The Kier molecular flexibility index (Phi) is 5.64. The average Bonchev–Trinajstić information content (AvgIpc) is 3.13. The van der Waals surface area contributed by atoms with Crippen LogP contribution < -0.4 is 0 Å². The number of imidazole rings is 1. The highest BCUT2D eigenvalue weighted by atomic mass is 35.5. The largest absolute Gasteiger partial charge is 0.323 e. The van der Waals surface area contributed by atoms with E-state index in [9.17, 15) is 0 Å². The second-order valence-electron chi connectivity index (χ2n) is 7.77. The second kappa shape index (κ2) is 8.73. The molecule has 0 N–H and O–H groups in total. The molecule has 0 atom stereocenters. The molecular formula is C26H20Cl2N4. The molecule has 158 valence electrons. The zero-order valence-electron chi connectivity index (χ0n) is 17.5. The van der Waals surface area contributed by atoms with Gasteiger partial charge in [0.1, 0.15) is 5.82 Å². The Bertz CT molecular complexity index is 1410. The standard InChI is InChI=1S/C26H20Cl2N4/c1-17-12-20(8-11-30-17)19-2-5-24-25(15-19)32(16-21-14-22(27)3-4-23(21)28)26(31-24)13-18-6-9-29-10-7-18/h2-12,14-15H,13,16H2,1H3. The fraction of sp³-hybridized carbons (Fsp3) is 0.115. The van der Waals surface area contributed by atoms with Gasteiger partial charge in [-0.05, 0) is 83.8 Å². The molecule has 2 aromatic carbocycles. The van der Waals surface area contributed by atoms with Crippen molar-refractivity contribution in [2.75, 3.05) is 0 Å². The van der Waals surface area contributed by atoms with E-state index in [1.165, 1.54) is 0 Å². The van der Waals surface area contributed by atoms with E-state index in [1.54, 1.807) is 18.5 Å². The van der Waals surface area contributed by atoms with Crippen molar-refractivity contribution in [3.8, 4) is 11.1 Å². The Morgan fingerprint density at radius 2 is 1.66 bits per heavy atom. The van der Waals surface area contributed by atoms with Gasteiger partial charge in [-0.1, -0.05) is 29.3 Å². The van der Waals surface area contributed by atoms with Crippen LogP contribution in [0.5, 0.6) is 0 Å². The summed E-state index contributed by atoms with van der Waals surface area (Å²) in [5.41, 5.74) is 7.35. The molecule has 0 unspecified atom stereocenters. The average molecular weight is 459 g/mol. The third kappa shape index (κ3) is 4.24. The van der Waals surface area contributed by atoms with Crippen molar-refractivity contribution < 1.29 is 0 Å². The van der Waals surface area contributed by atoms with Crippen LogP contribution in [0.1, 0.15) is 22.6 Å². The van der Waals surface area contributed by atoms with Gasteiger partial charge in [0.05, 0.1) is 17.6 Å². The first-order valence-electron chi connectivity index (χ1n) is 10.3. The van der Waals surface area contributed by atoms with E-state index in [1.807, 2.05) is 43.5 Å². The zero-order valence-corrected chi connectivity index (χ0v) is 19.0. The highest BCUT2D eigenvalue weighted by molar-refractivity contribution is 6.33. The van der Waals surface area contributed by atoms with E-state index in [0.29, 0.717) is 23.0 Å². The first kappa shape index (κ1) is 20.7. The molecule has 5 aromatic rings. The molecule has 4 nitrogen and oxygen atoms in total. The van der Waals surface area contributed by atoms with Crippen molar-refractivity contribution in [2.24, 2.45) is 0 Å². The second-order valence-corrected chi connectivity index (χ2v) is 8.62. The number of rotatable bonds is 5. The minimum absolute atomic E-state index is 0.579. The van der Waals surface area contributed by atoms with Crippen LogP contribution in [0.4, 0.5) is 0 Å². The van der Waals surface area contributed by atoms with Gasteiger partial charge in [-0.3, -0.25) is 9.97 Å². The Morgan fingerprint density at radius 3 is 2.47 bits per heavy atom. The fourth-order valence-corrected chi connectivity index (χ4v) is 4.28. The van der Waals surface area contributed by atoms with Crippen molar-refractivity contribution in [3.05, 3.63) is 112 Å². The number of halogens is 2. The minimum atomic E-state index is 0.579. The lowest BCUT2D eigenvalue weighted by Gasteiger charge is -2.12. The van der Waals surface area contributed by atoms with Gasteiger partial charge >= 0.3 is 0 Å². The number of pyridine rings is 2. The van der Waals surface area contributed by atoms with Crippen molar-refractivity contribution >= 4 is 34.2 Å². The smallest absolute Gasteiger partial charge is 0.114 e. The highest BCUT2D eigenvalue weighted by Gasteiger charge is 2.15. The summed E-state index contributed by atoms with van der Waals surface area (Å²) in [4.78, 5) is 13.4. The molecule has 0 saturated heterocycles. The van der Waals surface area contributed by atoms with E-state index in [-0.39, 0.29) is 0 Å². The summed E-state index contributed by atoms with van der Waals surface area (Å²) in [6, 6.07) is 20.1. The van der Waals surface area contributed by atoms with Crippen LogP contribution in [-0.2, 0) is 13.0 Å². The molecule has 0 spiro atoms. The van der Waals surface area contributed by atoms with Gasteiger partial charge in [-0.25, -0.2) is 4.98 Å². The molecule has 3 aromatic heterocycles. The third-order valence-electron chi connectivity index (χ3n) is 5.51. The molecule has 0 aliphatic heterocycles. The summed E-state index contributed by atoms with van der Waals surface area (Å²) in [5, 5.41) is 1.35. The Labute approximate surface area is 196 Å². The van der Waals surface area contributed by atoms with Gasteiger partial charge in [-0.2, -0.15) is 0 Å². The minimum Gasteiger partial charge on any atom is -0.323 e. The normalized spacial score (nSPS) is 11.2. The quantitative estimate of drug-likeness (QED) is 0.292. The molecule has 3 heterocycles. The van der Waals surface area contributed by atoms with Crippen molar-refractivity contribution in [1.82, 2.24) is 19.5 Å². The number of benzene rings is 2. The lowest BCUT2D eigenvalue weighted by molar-refractivity contribution is 0.762. The maximum Gasteiger partial charge on any atom is 0.114 e. The Balaban J connectivity index is 1.66. The molecule has 32 heavy (non-hydrogen) atoms.